The Morgan fingerprint density at radius 1 is 0.778 bits per heavy atom. The van der Waals surface area contributed by atoms with Gasteiger partial charge in [-0.3, -0.25) is 4.98 Å². The second-order valence-corrected chi connectivity index (χ2v) is 6.07. The predicted octanol–water partition coefficient (Wildman–Crippen LogP) is 4.39. The van der Waals surface area contributed by atoms with Crippen LogP contribution in [0.25, 0.3) is 10.9 Å². The summed E-state index contributed by atoms with van der Waals surface area (Å²) in [6, 6.07) is 20.0. The van der Waals surface area contributed by atoms with Crippen LogP contribution >= 0.6 is 0 Å². The first kappa shape index (κ1) is 16.9. The largest absolute Gasteiger partial charge is 0.365 e. The molecule has 5 nitrogen and oxygen atoms in total. The normalized spacial score (nSPS) is 10.7. The lowest BCUT2D eigenvalue weighted by molar-refractivity contribution is 0.627. The minimum atomic E-state index is -0.243. The van der Waals surface area contributed by atoms with Gasteiger partial charge in [-0.2, -0.15) is 4.98 Å². The Kier molecular flexibility index (Phi) is 4.87. The molecule has 4 rings (SSSR count). The highest BCUT2D eigenvalue weighted by Crippen LogP contribution is 2.22. The van der Waals surface area contributed by atoms with Gasteiger partial charge in [-0.25, -0.2) is 9.37 Å². The lowest BCUT2D eigenvalue weighted by Crippen LogP contribution is -2.08. The summed E-state index contributed by atoms with van der Waals surface area (Å²) in [5, 5.41) is 7.49. The molecule has 0 atom stereocenters. The summed E-state index contributed by atoms with van der Waals surface area (Å²) in [4.78, 5) is 13.5. The van der Waals surface area contributed by atoms with E-state index in [-0.39, 0.29) is 5.82 Å². The third-order valence-electron chi connectivity index (χ3n) is 4.13. The first-order chi connectivity index (χ1) is 13.3. The smallest absolute Gasteiger partial charge is 0.225 e. The molecule has 2 aromatic heterocycles. The van der Waals surface area contributed by atoms with Crippen molar-refractivity contribution < 1.29 is 4.39 Å². The Morgan fingerprint density at radius 2 is 1.59 bits per heavy atom. The van der Waals surface area contributed by atoms with Crippen LogP contribution in [0.3, 0.4) is 0 Å². The molecule has 0 saturated carbocycles. The van der Waals surface area contributed by atoms with Crippen LogP contribution in [0.5, 0.6) is 0 Å². The highest BCUT2D eigenvalue weighted by atomic mass is 19.1. The highest BCUT2D eigenvalue weighted by Gasteiger charge is 2.08. The van der Waals surface area contributed by atoms with Crippen molar-refractivity contribution in [2.75, 3.05) is 10.6 Å². The number of nitrogens with zero attached hydrogens (tertiary/aromatic N) is 3. The average Bonchev–Trinajstić information content (AvgIpc) is 2.72. The molecular weight excluding hydrogens is 341 g/mol. The molecule has 0 aliphatic heterocycles. The first-order valence-electron chi connectivity index (χ1n) is 8.67. The fourth-order valence-corrected chi connectivity index (χ4v) is 2.75. The summed E-state index contributed by atoms with van der Waals surface area (Å²) in [5.74, 6) is 1.02. The molecule has 4 aromatic rings. The number of benzene rings is 2. The topological polar surface area (TPSA) is 62.7 Å². The van der Waals surface area contributed by atoms with Crippen LogP contribution in [-0.2, 0) is 13.1 Å². The third-order valence-corrected chi connectivity index (χ3v) is 4.13. The molecule has 0 spiro atoms. The van der Waals surface area contributed by atoms with E-state index in [0.29, 0.717) is 19.0 Å². The van der Waals surface area contributed by atoms with E-state index in [9.17, 15) is 4.39 Å². The number of aromatic nitrogens is 3. The molecule has 0 radical (unpaired) electrons. The van der Waals surface area contributed by atoms with E-state index in [1.807, 2.05) is 42.5 Å². The number of rotatable bonds is 6. The zero-order chi connectivity index (χ0) is 18.5. The van der Waals surface area contributed by atoms with Crippen molar-refractivity contribution in [1.82, 2.24) is 15.0 Å². The summed E-state index contributed by atoms with van der Waals surface area (Å²) >= 11 is 0. The average molecular weight is 359 g/mol. The maximum absolute atomic E-state index is 13.1. The van der Waals surface area contributed by atoms with Crippen molar-refractivity contribution in [3.05, 3.63) is 90.0 Å². The number of nitrogens with one attached hydrogen (secondary N) is 2. The van der Waals surface area contributed by atoms with Gasteiger partial charge in [0.05, 0.1) is 17.8 Å². The van der Waals surface area contributed by atoms with Gasteiger partial charge in [0.15, 0.2) is 0 Å². The van der Waals surface area contributed by atoms with Crippen molar-refractivity contribution in [1.29, 1.82) is 0 Å². The fourth-order valence-electron chi connectivity index (χ4n) is 2.75. The summed E-state index contributed by atoms with van der Waals surface area (Å²) in [5.41, 5.74) is 2.73. The molecule has 6 heteroatoms. The molecule has 0 amide bonds. The number of anilines is 2. The molecule has 134 valence electrons. The Balaban J connectivity index is 1.57. The van der Waals surface area contributed by atoms with E-state index in [2.05, 4.69) is 25.6 Å². The number of pyridine rings is 1. The fraction of sp³-hybridized carbons (Fsp3) is 0.0952. The van der Waals surface area contributed by atoms with Crippen LogP contribution in [0.4, 0.5) is 16.2 Å². The molecule has 0 fully saturated rings. The van der Waals surface area contributed by atoms with Gasteiger partial charge in [-0.1, -0.05) is 30.3 Å². The molecule has 0 bridgehead atoms. The van der Waals surface area contributed by atoms with Crippen molar-refractivity contribution in [2.45, 2.75) is 13.1 Å². The van der Waals surface area contributed by atoms with E-state index in [4.69, 9.17) is 0 Å². The van der Waals surface area contributed by atoms with E-state index in [0.717, 1.165) is 28.0 Å². The molecule has 27 heavy (non-hydrogen) atoms. The van der Waals surface area contributed by atoms with Crippen molar-refractivity contribution in [3.63, 3.8) is 0 Å². The zero-order valence-electron chi connectivity index (χ0n) is 14.6. The maximum atomic E-state index is 13.1. The van der Waals surface area contributed by atoms with Crippen LogP contribution in [0.1, 0.15) is 11.3 Å². The third kappa shape index (κ3) is 4.17. The van der Waals surface area contributed by atoms with Crippen molar-refractivity contribution in [3.8, 4) is 0 Å². The van der Waals surface area contributed by atoms with Gasteiger partial charge in [0.25, 0.3) is 0 Å². The van der Waals surface area contributed by atoms with Gasteiger partial charge in [-0.05, 0) is 42.0 Å². The monoisotopic (exact) mass is 359 g/mol. The minimum Gasteiger partial charge on any atom is -0.365 e. The summed E-state index contributed by atoms with van der Waals surface area (Å²) in [6.45, 7) is 1.08. The predicted molar refractivity (Wildman–Crippen MR) is 105 cm³/mol. The van der Waals surface area contributed by atoms with E-state index < -0.39 is 0 Å². The second kappa shape index (κ2) is 7.78. The van der Waals surface area contributed by atoms with Crippen LogP contribution in [0, 0.1) is 5.82 Å². The molecule has 2 aromatic carbocycles. The second-order valence-electron chi connectivity index (χ2n) is 6.07. The maximum Gasteiger partial charge on any atom is 0.225 e. The van der Waals surface area contributed by atoms with E-state index in [1.54, 1.807) is 18.3 Å². The molecule has 2 heterocycles. The highest BCUT2D eigenvalue weighted by molar-refractivity contribution is 5.90. The summed E-state index contributed by atoms with van der Waals surface area (Å²) in [6.07, 6.45) is 1.76. The summed E-state index contributed by atoms with van der Waals surface area (Å²) < 4.78 is 13.1. The lowest BCUT2D eigenvalue weighted by Gasteiger charge is -2.12. The molecule has 0 unspecified atom stereocenters. The first-order valence-corrected chi connectivity index (χ1v) is 8.67. The molecule has 0 aliphatic carbocycles. The lowest BCUT2D eigenvalue weighted by atomic mass is 10.2. The van der Waals surface area contributed by atoms with Crippen molar-refractivity contribution in [2.24, 2.45) is 0 Å². The van der Waals surface area contributed by atoms with Gasteiger partial charge < -0.3 is 10.6 Å². The quantitative estimate of drug-likeness (QED) is 0.535. The summed E-state index contributed by atoms with van der Waals surface area (Å²) in [7, 11) is 0. The molecule has 0 saturated heterocycles. The van der Waals surface area contributed by atoms with Crippen LogP contribution < -0.4 is 10.6 Å². The molecule has 0 aliphatic rings. The Morgan fingerprint density at radius 3 is 2.41 bits per heavy atom. The number of hydrogen-bond donors (Lipinski definition) is 2. The van der Waals surface area contributed by atoms with Gasteiger partial charge in [0.1, 0.15) is 11.6 Å². The van der Waals surface area contributed by atoms with Gasteiger partial charge >= 0.3 is 0 Å². The minimum absolute atomic E-state index is 0.243. The number of fused-ring (bicyclic) bond motifs is 1. The number of halogens is 1. The standard InChI is InChI=1S/C21H18FN5/c22-16-10-8-15(9-11-16)13-24-20-18-6-1-2-7-19(18)26-21(27-20)25-14-17-5-3-4-12-23-17/h1-12H,13-14H2,(H2,24,25,26,27). The zero-order valence-corrected chi connectivity index (χ0v) is 14.6. The molecule has 2 N–H and O–H groups in total. The van der Waals surface area contributed by atoms with E-state index >= 15 is 0 Å². The van der Waals surface area contributed by atoms with Gasteiger partial charge in [-0.15, -0.1) is 0 Å². The Hall–Kier alpha value is -3.54. The Labute approximate surface area is 156 Å². The van der Waals surface area contributed by atoms with Crippen molar-refractivity contribution >= 4 is 22.7 Å². The van der Waals surface area contributed by atoms with E-state index in [1.165, 1.54) is 12.1 Å². The number of hydrogen-bond acceptors (Lipinski definition) is 5. The van der Waals surface area contributed by atoms with Crippen LogP contribution in [0.15, 0.2) is 72.9 Å². The SMILES string of the molecule is Fc1ccc(CNc2nc(NCc3ccccn3)nc3ccccc23)cc1. The Bertz CT molecular complexity index is 1040. The van der Waals surface area contributed by atoms with Crippen LogP contribution in [0.2, 0.25) is 0 Å². The van der Waals surface area contributed by atoms with Crippen LogP contribution in [-0.4, -0.2) is 15.0 Å². The molecular formula is C21H18FN5. The number of para-hydroxylation sites is 1. The van der Waals surface area contributed by atoms with Gasteiger partial charge in [0, 0.05) is 18.1 Å². The van der Waals surface area contributed by atoms with Gasteiger partial charge in [0.2, 0.25) is 5.95 Å².